The van der Waals surface area contributed by atoms with E-state index in [9.17, 15) is 0 Å². The highest BCUT2D eigenvalue weighted by atomic mass is 79.9. The van der Waals surface area contributed by atoms with Gasteiger partial charge in [0.15, 0.2) is 0 Å². The van der Waals surface area contributed by atoms with Crippen LogP contribution in [0, 0.1) is 17.2 Å². The quantitative estimate of drug-likeness (QED) is 0.901. The summed E-state index contributed by atoms with van der Waals surface area (Å²) in [5, 5.41) is 15.8. The van der Waals surface area contributed by atoms with Crippen LogP contribution in [0.3, 0.4) is 0 Å². The molecule has 1 aromatic rings. The molecule has 2 N–H and O–H groups in total. The van der Waals surface area contributed by atoms with Crippen LogP contribution in [-0.4, -0.2) is 19.6 Å². The van der Waals surface area contributed by atoms with E-state index < -0.39 is 0 Å². The first kappa shape index (κ1) is 12.4. The minimum atomic E-state index is 0.710. The molecule has 0 atom stereocenters. The molecule has 17 heavy (non-hydrogen) atoms. The van der Waals surface area contributed by atoms with Gasteiger partial charge in [0, 0.05) is 11.0 Å². The smallest absolute Gasteiger partial charge is 0.101 e. The highest BCUT2D eigenvalue weighted by molar-refractivity contribution is 9.10. The number of halogens is 1. The van der Waals surface area contributed by atoms with Gasteiger partial charge in [-0.25, -0.2) is 0 Å². The Morgan fingerprint density at radius 1 is 1.41 bits per heavy atom. The van der Waals surface area contributed by atoms with Crippen molar-refractivity contribution in [3.8, 4) is 6.07 Å². The fourth-order valence-corrected chi connectivity index (χ4v) is 2.46. The van der Waals surface area contributed by atoms with Gasteiger partial charge in [-0.3, -0.25) is 0 Å². The largest absolute Gasteiger partial charge is 0.384 e. The summed E-state index contributed by atoms with van der Waals surface area (Å²) in [4.78, 5) is 0. The zero-order chi connectivity index (χ0) is 12.1. The maximum Gasteiger partial charge on any atom is 0.101 e. The molecule has 0 aliphatic carbocycles. The third kappa shape index (κ3) is 3.45. The molecule has 0 radical (unpaired) electrons. The van der Waals surface area contributed by atoms with Gasteiger partial charge in [0.25, 0.3) is 0 Å². The molecule has 0 aromatic heterocycles. The second-order valence-corrected chi connectivity index (χ2v) is 5.29. The standard InChI is InChI=1S/C13H16BrN3/c14-12-2-1-11(8-15)13(7-12)17-9-10-3-5-16-6-4-10/h1-2,7,10,16-17H,3-6,9H2. The summed E-state index contributed by atoms with van der Waals surface area (Å²) in [7, 11) is 0. The van der Waals surface area contributed by atoms with Gasteiger partial charge in [-0.15, -0.1) is 0 Å². The Morgan fingerprint density at radius 2 is 2.18 bits per heavy atom. The van der Waals surface area contributed by atoms with Crippen LogP contribution in [0.25, 0.3) is 0 Å². The monoisotopic (exact) mass is 293 g/mol. The third-order valence-corrected chi connectivity index (χ3v) is 3.64. The molecule has 1 fully saturated rings. The number of benzene rings is 1. The molecule has 90 valence electrons. The highest BCUT2D eigenvalue weighted by Crippen LogP contribution is 2.22. The van der Waals surface area contributed by atoms with Gasteiger partial charge >= 0.3 is 0 Å². The van der Waals surface area contributed by atoms with E-state index in [4.69, 9.17) is 5.26 Å². The van der Waals surface area contributed by atoms with E-state index in [-0.39, 0.29) is 0 Å². The van der Waals surface area contributed by atoms with Gasteiger partial charge in [-0.2, -0.15) is 5.26 Å². The van der Waals surface area contributed by atoms with Crippen LogP contribution >= 0.6 is 15.9 Å². The lowest BCUT2D eigenvalue weighted by Gasteiger charge is -2.23. The van der Waals surface area contributed by atoms with Crippen molar-refractivity contribution in [2.45, 2.75) is 12.8 Å². The number of nitrogens with zero attached hydrogens (tertiary/aromatic N) is 1. The van der Waals surface area contributed by atoms with Gasteiger partial charge in [0.1, 0.15) is 6.07 Å². The van der Waals surface area contributed by atoms with Crippen molar-refractivity contribution in [3.05, 3.63) is 28.2 Å². The van der Waals surface area contributed by atoms with Crippen molar-refractivity contribution in [2.75, 3.05) is 25.0 Å². The zero-order valence-corrected chi connectivity index (χ0v) is 11.3. The predicted molar refractivity (Wildman–Crippen MR) is 72.9 cm³/mol. The van der Waals surface area contributed by atoms with Crippen LogP contribution in [0.15, 0.2) is 22.7 Å². The van der Waals surface area contributed by atoms with Gasteiger partial charge in [0.05, 0.1) is 11.3 Å². The maximum absolute atomic E-state index is 9.03. The Morgan fingerprint density at radius 3 is 2.88 bits per heavy atom. The van der Waals surface area contributed by atoms with Crippen molar-refractivity contribution < 1.29 is 0 Å². The summed E-state index contributed by atoms with van der Waals surface area (Å²) in [6, 6.07) is 7.93. The summed E-state index contributed by atoms with van der Waals surface area (Å²) in [6.45, 7) is 3.17. The Kier molecular flexibility index (Phi) is 4.41. The third-order valence-electron chi connectivity index (χ3n) is 3.14. The topological polar surface area (TPSA) is 47.9 Å². The summed E-state index contributed by atoms with van der Waals surface area (Å²) < 4.78 is 1.00. The zero-order valence-electron chi connectivity index (χ0n) is 9.67. The average Bonchev–Trinajstić information content (AvgIpc) is 2.38. The molecule has 1 aromatic carbocycles. The number of rotatable bonds is 3. The summed E-state index contributed by atoms with van der Waals surface area (Å²) >= 11 is 3.43. The lowest BCUT2D eigenvalue weighted by atomic mass is 9.98. The first-order valence-corrected chi connectivity index (χ1v) is 6.73. The highest BCUT2D eigenvalue weighted by Gasteiger charge is 2.13. The minimum absolute atomic E-state index is 0.710. The van der Waals surface area contributed by atoms with Gasteiger partial charge < -0.3 is 10.6 Å². The first-order valence-electron chi connectivity index (χ1n) is 5.94. The van der Waals surface area contributed by atoms with Crippen LogP contribution < -0.4 is 10.6 Å². The second kappa shape index (κ2) is 6.04. The van der Waals surface area contributed by atoms with E-state index in [1.54, 1.807) is 0 Å². The van der Waals surface area contributed by atoms with Crippen molar-refractivity contribution in [2.24, 2.45) is 5.92 Å². The Balaban J connectivity index is 1.98. The number of hydrogen-bond donors (Lipinski definition) is 2. The molecule has 0 amide bonds. The number of anilines is 1. The fourth-order valence-electron chi connectivity index (χ4n) is 2.10. The maximum atomic E-state index is 9.03. The molecule has 2 rings (SSSR count). The van der Waals surface area contributed by atoms with Crippen molar-refractivity contribution >= 4 is 21.6 Å². The second-order valence-electron chi connectivity index (χ2n) is 4.38. The van der Waals surface area contributed by atoms with E-state index in [0.29, 0.717) is 11.5 Å². The van der Waals surface area contributed by atoms with Crippen molar-refractivity contribution in [3.63, 3.8) is 0 Å². The lowest BCUT2D eigenvalue weighted by Crippen LogP contribution is -2.31. The molecule has 1 saturated heterocycles. The first-order chi connectivity index (χ1) is 8.29. The summed E-state index contributed by atoms with van der Waals surface area (Å²) in [5.74, 6) is 0.710. The van der Waals surface area contributed by atoms with E-state index in [1.807, 2.05) is 18.2 Å². The molecule has 0 bridgehead atoms. The number of nitrogens with one attached hydrogen (secondary N) is 2. The Labute approximate surface area is 110 Å². The molecule has 3 nitrogen and oxygen atoms in total. The summed E-state index contributed by atoms with van der Waals surface area (Å²) in [6.07, 6.45) is 2.42. The van der Waals surface area contributed by atoms with E-state index in [1.165, 1.54) is 12.8 Å². The molecule has 1 aliphatic rings. The molecule has 0 spiro atoms. The minimum Gasteiger partial charge on any atom is -0.384 e. The van der Waals surface area contributed by atoms with E-state index >= 15 is 0 Å². The molecule has 1 heterocycles. The van der Waals surface area contributed by atoms with E-state index in [2.05, 4.69) is 32.6 Å². The van der Waals surface area contributed by atoms with Crippen molar-refractivity contribution in [1.82, 2.24) is 5.32 Å². The average molecular weight is 294 g/mol. The predicted octanol–water partition coefficient (Wildman–Crippen LogP) is 2.73. The normalized spacial score (nSPS) is 16.5. The van der Waals surface area contributed by atoms with Crippen LogP contribution in [0.5, 0.6) is 0 Å². The van der Waals surface area contributed by atoms with Crippen LogP contribution in [0.1, 0.15) is 18.4 Å². The number of piperidine rings is 1. The molecule has 0 saturated carbocycles. The van der Waals surface area contributed by atoms with Crippen LogP contribution in [-0.2, 0) is 0 Å². The Hall–Kier alpha value is -1.05. The molecular formula is C13H16BrN3. The molecule has 1 aliphatic heterocycles. The van der Waals surface area contributed by atoms with Crippen LogP contribution in [0.2, 0.25) is 0 Å². The van der Waals surface area contributed by atoms with Gasteiger partial charge in [-0.05, 0) is 50.0 Å². The van der Waals surface area contributed by atoms with Gasteiger partial charge in [0.2, 0.25) is 0 Å². The Bertz CT molecular complexity index is 419. The summed E-state index contributed by atoms with van der Waals surface area (Å²) in [5.41, 5.74) is 1.64. The van der Waals surface area contributed by atoms with E-state index in [0.717, 1.165) is 29.8 Å². The van der Waals surface area contributed by atoms with Crippen molar-refractivity contribution in [1.29, 1.82) is 5.26 Å². The molecular weight excluding hydrogens is 278 g/mol. The fraction of sp³-hybridized carbons (Fsp3) is 0.462. The SMILES string of the molecule is N#Cc1ccc(Br)cc1NCC1CCNCC1. The van der Waals surface area contributed by atoms with Gasteiger partial charge in [-0.1, -0.05) is 15.9 Å². The van der Waals surface area contributed by atoms with Crippen LogP contribution in [0.4, 0.5) is 5.69 Å². The number of nitriles is 1. The molecule has 4 heteroatoms. The number of hydrogen-bond acceptors (Lipinski definition) is 3. The molecule has 0 unspecified atom stereocenters. The lowest BCUT2D eigenvalue weighted by molar-refractivity contribution is 0.390.